The summed E-state index contributed by atoms with van der Waals surface area (Å²) < 4.78 is 10.5. The summed E-state index contributed by atoms with van der Waals surface area (Å²) in [7, 11) is 3.23. The zero-order valence-corrected chi connectivity index (χ0v) is 12.6. The van der Waals surface area contributed by atoms with E-state index in [0.717, 1.165) is 12.1 Å². The molecule has 0 fully saturated rings. The van der Waals surface area contributed by atoms with E-state index in [4.69, 9.17) is 15.3 Å². The normalized spacial score (nSPS) is 11.4. The highest BCUT2D eigenvalue weighted by Crippen LogP contribution is 2.27. The lowest BCUT2D eigenvalue weighted by Crippen LogP contribution is -2.42. The van der Waals surface area contributed by atoms with Crippen LogP contribution in [0.2, 0.25) is 0 Å². The van der Waals surface area contributed by atoms with E-state index in [1.54, 1.807) is 14.2 Å². The van der Waals surface area contributed by atoms with Gasteiger partial charge >= 0.3 is 0 Å². The second-order valence-electron chi connectivity index (χ2n) is 4.77. The molecule has 0 amide bonds. The molecule has 0 saturated carbocycles. The lowest BCUT2D eigenvalue weighted by molar-refractivity contribution is 0.354. The first-order valence-electron chi connectivity index (χ1n) is 6.56. The zero-order chi connectivity index (χ0) is 15.0. The molecular weight excluding hydrogens is 256 g/mol. The smallest absolute Gasteiger partial charge is 0.206 e. The summed E-state index contributed by atoms with van der Waals surface area (Å²) in [5, 5.41) is 3.15. The maximum Gasteiger partial charge on any atom is 0.206 e. The Bertz CT molecular complexity index is 447. The summed E-state index contributed by atoms with van der Waals surface area (Å²) in [6.45, 7) is 5.56. The Morgan fingerprint density at radius 3 is 2.50 bits per heavy atom. The molecule has 1 aromatic carbocycles. The number of ether oxygens (including phenoxy) is 2. The van der Waals surface area contributed by atoms with Crippen molar-refractivity contribution < 1.29 is 9.47 Å². The number of rotatable bonds is 6. The van der Waals surface area contributed by atoms with Crippen molar-refractivity contribution in [1.82, 2.24) is 10.7 Å². The molecule has 0 aliphatic rings. The molecule has 0 unspecified atom stereocenters. The van der Waals surface area contributed by atoms with Crippen molar-refractivity contribution in [3.63, 3.8) is 0 Å². The molecule has 6 nitrogen and oxygen atoms in total. The first-order valence-corrected chi connectivity index (χ1v) is 6.56. The molecule has 1 rings (SSSR count). The van der Waals surface area contributed by atoms with Gasteiger partial charge in [-0.05, 0) is 23.6 Å². The van der Waals surface area contributed by atoms with Crippen LogP contribution in [0.3, 0.4) is 0 Å². The lowest BCUT2D eigenvalue weighted by Gasteiger charge is -2.12. The van der Waals surface area contributed by atoms with Crippen LogP contribution in [0.15, 0.2) is 23.2 Å². The van der Waals surface area contributed by atoms with E-state index in [-0.39, 0.29) is 0 Å². The van der Waals surface area contributed by atoms with Crippen LogP contribution < -0.4 is 26.1 Å². The van der Waals surface area contributed by atoms with Crippen molar-refractivity contribution in [3.05, 3.63) is 23.8 Å². The van der Waals surface area contributed by atoms with Crippen molar-refractivity contribution in [2.24, 2.45) is 16.8 Å². The number of hydrogen-bond acceptors (Lipinski definition) is 4. The number of methoxy groups -OCH3 is 2. The van der Waals surface area contributed by atoms with E-state index in [1.165, 1.54) is 0 Å². The van der Waals surface area contributed by atoms with Gasteiger partial charge in [-0.1, -0.05) is 19.9 Å². The summed E-state index contributed by atoms with van der Waals surface area (Å²) in [6, 6.07) is 5.71. The quantitative estimate of drug-likeness (QED) is 0.316. The average molecular weight is 280 g/mol. The van der Waals surface area contributed by atoms with Gasteiger partial charge in [0.25, 0.3) is 0 Å². The van der Waals surface area contributed by atoms with Crippen molar-refractivity contribution in [2.45, 2.75) is 20.4 Å². The Balaban J connectivity index is 2.71. The fourth-order valence-electron chi connectivity index (χ4n) is 1.60. The highest BCUT2D eigenvalue weighted by molar-refractivity contribution is 5.79. The van der Waals surface area contributed by atoms with Crippen LogP contribution in [0.25, 0.3) is 0 Å². The average Bonchev–Trinajstić information content (AvgIpc) is 2.46. The first-order chi connectivity index (χ1) is 9.60. The number of benzene rings is 1. The molecule has 0 aliphatic heterocycles. The van der Waals surface area contributed by atoms with Gasteiger partial charge in [-0.25, -0.2) is 10.8 Å². The maximum atomic E-state index is 5.44. The van der Waals surface area contributed by atoms with Crippen LogP contribution in [0.1, 0.15) is 19.4 Å². The Kier molecular flexibility index (Phi) is 6.66. The van der Waals surface area contributed by atoms with Gasteiger partial charge in [0, 0.05) is 6.54 Å². The molecule has 1 aromatic rings. The molecular formula is C14H24N4O2. The molecule has 0 atom stereocenters. The Morgan fingerprint density at radius 2 is 1.95 bits per heavy atom. The van der Waals surface area contributed by atoms with E-state index in [9.17, 15) is 0 Å². The van der Waals surface area contributed by atoms with Gasteiger partial charge in [-0.15, -0.1) is 0 Å². The van der Waals surface area contributed by atoms with Gasteiger partial charge in [-0.2, -0.15) is 0 Å². The SMILES string of the molecule is COc1ccc(CN=C(NN)NCC(C)C)cc1OC. The summed E-state index contributed by atoms with van der Waals surface area (Å²) in [5.41, 5.74) is 3.58. The summed E-state index contributed by atoms with van der Waals surface area (Å²) in [5.74, 6) is 7.93. The molecule has 0 heterocycles. The number of aliphatic imine (C=N–C) groups is 1. The first kappa shape index (κ1) is 16.1. The predicted octanol–water partition coefficient (Wildman–Crippen LogP) is 1.27. The second kappa shape index (κ2) is 8.27. The summed E-state index contributed by atoms with van der Waals surface area (Å²) in [4.78, 5) is 4.39. The van der Waals surface area contributed by atoms with Gasteiger partial charge in [0.2, 0.25) is 5.96 Å². The van der Waals surface area contributed by atoms with E-state index in [0.29, 0.717) is 29.9 Å². The molecule has 112 valence electrons. The van der Waals surface area contributed by atoms with Crippen LogP contribution >= 0.6 is 0 Å². The fourth-order valence-corrected chi connectivity index (χ4v) is 1.60. The van der Waals surface area contributed by atoms with E-state index < -0.39 is 0 Å². The predicted molar refractivity (Wildman–Crippen MR) is 80.8 cm³/mol. The van der Waals surface area contributed by atoms with Gasteiger partial charge in [0.15, 0.2) is 11.5 Å². The molecule has 0 aliphatic carbocycles. The molecule has 0 radical (unpaired) electrons. The molecule has 0 saturated heterocycles. The molecule has 4 N–H and O–H groups in total. The monoisotopic (exact) mass is 280 g/mol. The van der Waals surface area contributed by atoms with E-state index in [1.807, 2.05) is 18.2 Å². The van der Waals surface area contributed by atoms with Crippen molar-refractivity contribution in [3.8, 4) is 11.5 Å². The lowest BCUT2D eigenvalue weighted by atomic mass is 10.2. The third-order valence-corrected chi connectivity index (χ3v) is 2.68. The molecule has 20 heavy (non-hydrogen) atoms. The fraction of sp³-hybridized carbons (Fsp3) is 0.500. The molecule has 6 heteroatoms. The number of guanidine groups is 1. The Morgan fingerprint density at radius 1 is 1.25 bits per heavy atom. The minimum atomic E-state index is 0.505. The Labute approximate surface area is 120 Å². The number of nitrogens with one attached hydrogen (secondary N) is 2. The van der Waals surface area contributed by atoms with Crippen molar-refractivity contribution in [2.75, 3.05) is 20.8 Å². The highest BCUT2D eigenvalue weighted by atomic mass is 16.5. The number of hydrazine groups is 1. The number of nitrogens with two attached hydrogens (primary N) is 1. The second-order valence-corrected chi connectivity index (χ2v) is 4.77. The van der Waals surface area contributed by atoms with Crippen LogP contribution in [0.5, 0.6) is 11.5 Å². The van der Waals surface area contributed by atoms with Crippen LogP contribution in [0.4, 0.5) is 0 Å². The zero-order valence-electron chi connectivity index (χ0n) is 12.6. The molecule has 0 bridgehead atoms. The third kappa shape index (κ3) is 4.97. The third-order valence-electron chi connectivity index (χ3n) is 2.68. The topological polar surface area (TPSA) is 80.9 Å². The summed E-state index contributed by atoms with van der Waals surface area (Å²) in [6.07, 6.45) is 0. The molecule has 0 aromatic heterocycles. The maximum absolute atomic E-state index is 5.44. The minimum absolute atomic E-state index is 0.505. The standard InChI is InChI=1S/C14H24N4O2/c1-10(2)8-16-14(18-15)17-9-11-5-6-12(19-3)13(7-11)20-4/h5-7,10H,8-9,15H2,1-4H3,(H2,16,17,18). The van der Waals surface area contributed by atoms with Gasteiger partial charge in [-0.3, -0.25) is 5.43 Å². The van der Waals surface area contributed by atoms with Gasteiger partial charge in [0.05, 0.1) is 20.8 Å². The van der Waals surface area contributed by atoms with E-state index >= 15 is 0 Å². The molecule has 0 spiro atoms. The van der Waals surface area contributed by atoms with Gasteiger partial charge in [0.1, 0.15) is 0 Å². The highest BCUT2D eigenvalue weighted by Gasteiger charge is 2.04. The van der Waals surface area contributed by atoms with E-state index in [2.05, 4.69) is 29.6 Å². The summed E-state index contributed by atoms with van der Waals surface area (Å²) >= 11 is 0. The van der Waals surface area contributed by atoms with Crippen molar-refractivity contribution >= 4 is 5.96 Å². The minimum Gasteiger partial charge on any atom is -0.493 e. The number of nitrogens with zero attached hydrogens (tertiary/aromatic N) is 1. The van der Waals surface area contributed by atoms with Crippen LogP contribution in [-0.4, -0.2) is 26.7 Å². The van der Waals surface area contributed by atoms with Crippen LogP contribution in [0, 0.1) is 5.92 Å². The largest absolute Gasteiger partial charge is 0.493 e. The van der Waals surface area contributed by atoms with Crippen molar-refractivity contribution in [1.29, 1.82) is 0 Å². The van der Waals surface area contributed by atoms with Crippen LogP contribution in [-0.2, 0) is 6.54 Å². The Hall–Kier alpha value is -1.95. The van der Waals surface area contributed by atoms with Gasteiger partial charge < -0.3 is 14.8 Å². The number of hydrogen-bond donors (Lipinski definition) is 3.